The van der Waals surface area contributed by atoms with Gasteiger partial charge < -0.3 is 10.1 Å². The van der Waals surface area contributed by atoms with E-state index >= 15 is 0 Å². The zero-order valence-electron chi connectivity index (χ0n) is 11.4. The zero-order chi connectivity index (χ0) is 15.1. The highest BCUT2D eigenvalue weighted by atomic mass is 32.2. The lowest BCUT2D eigenvalue weighted by molar-refractivity contribution is -0.144. The summed E-state index contributed by atoms with van der Waals surface area (Å²) in [5.41, 5.74) is 0. The molecule has 1 N–H and O–H groups in total. The first-order valence-electron chi connectivity index (χ1n) is 5.89. The number of aromatic nitrogens is 2. The lowest BCUT2D eigenvalue weighted by Crippen LogP contribution is -2.27. The van der Waals surface area contributed by atoms with Crippen LogP contribution in [0, 0.1) is 0 Å². The van der Waals surface area contributed by atoms with E-state index in [4.69, 9.17) is 4.74 Å². The average Bonchev–Trinajstić information content (AvgIpc) is 2.37. The molecule has 1 amide bonds. The predicted octanol–water partition coefficient (Wildman–Crippen LogP) is 1.05. The minimum absolute atomic E-state index is 0.205. The van der Waals surface area contributed by atoms with Gasteiger partial charge in [0.05, 0.1) is 6.61 Å². The maximum atomic E-state index is 11.6. The third-order valence-electron chi connectivity index (χ3n) is 2.05. The molecule has 0 aromatic carbocycles. The SMILES string of the molecule is CCOC(=O)C(Sc1ccc(NC(C)=O)nn1)C(C)=O. The van der Waals surface area contributed by atoms with E-state index in [2.05, 4.69) is 15.5 Å². The molecule has 7 nitrogen and oxygen atoms in total. The van der Waals surface area contributed by atoms with Gasteiger partial charge in [-0.15, -0.1) is 10.2 Å². The van der Waals surface area contributed by atoms with Gasteiger partial charge in [0.15, 0.2) is 16.9 Å². The summed E-state index contributed by atoms with van der Waals surface area (Å²) in [5.74, 6) is -0.871. The number of anilines is 1. The molecule has 20 heavy (non-hydrogen) atoms. The van der Waals surface area contributed by atoms with Crippen molar-refractivity contribution in [3.63, 3.8) is 0 Å². The van der Waals surface area contributed by atoms with Crippen molar-refractivity contribution in [2.45, 2.75) is 31.0 Å². The van der Waals surface area contributed by atoms with E-state index in [9.17, 15) is 14.4 Å². The van der Waals surface area contributed by atoms with Gasteiger partial charge in [-0.25, -0.2) is 0 Å². The summed E-state index contributed by atoms with van der Waals surface area (Å²) >= 11 is 0.962. The van der Waals surface area contributed by atoms with Gasteiger partial charge >= 0.3 is 5.97 Å². The molecule has 1 aromatic heterocycles. The van der Waals surface area contributed by atoms with Gasteiger partial charge in [0.25, 0.3) is 0 Å². The van der Waals surface area contributed by atoms with Gasteiger partial charge in [-0.3, -0.25) is 14.4 Å². The standard InChI is InChI=1S/C12H15N3O4S/c1-4-19-12(18)11(7(2)16)20-10-6-5-9(14-15-10)13-8(3)17/h5-6,11H,4H2,1-3H3,(H,13,14,17). The first-order chi connectivity index (χ1) is 9.43. The van der Waals surface area contributed by atoms with Crippen LogP contribution in [0.25, 0.3) is 0 Å². The van der Waals surface area contributed by atoms with Gasteiger partial charge in [0.2, 0.25) is 5.91 Å². The molecule has 8 heteroatoms. The molecule has 1 rings (SSSR count). The van der Waals surface area contributed by atoms with Crippen molar-refractivity contribution < 1.29 is 19.1 Å². The minimum Gasteiger partial charge on any atom is -0.465 e. The van der Waals surface area contributed by atoms with Gasteiger partial charge in [-0.2, -0.15) is 0 Å². The Bertz CT molecular complexity index is 504. The first kappa shape index (κ1) is 16.1. The van der Waals surface area contributed by atoms with Crippen LogP contribution in [-0.4, -0.2) is 39.7 Å². The Kier molecular flexibility index (Phi) is 6.10. The molecule has 1 aromatic rings. The van der Waals surface area contributed by atoms with Crippen LogP contribution in [0.3, 0.4) is 0 Å². The van der Waals surface area contributed by atoms with Gasteiger partial charge in [-0.1, -0.05) is 11.8 Å². The molecule has 0 fully saturated rings. The van der Waals surface area contributed by atoms with Crippen molar-refractivity contribution in [3.8, 4) is 0 Å². The maximum absolute atomic E-state index is 11.6. The lowest BCUT2D eigenvalue weighted by Gasteiger charge is -2.11. The van der Waals surface area contributed by atoms with Crippen LogP contribution in [0.5, 0.6) is 0 Å². The summed E-state index contributed by atoms with van der Waals surface area (Å²) in [5, 5.41) is 9.51. The number of hydrogen-bond acceptors (Lipinski definition) is 7. The molecule has 0 aliphatic heterocycles. The van der Waals surface area contributed by atoms with Crippen LogP contribution in [0.4, 0.5) is 5.82 Å². The summed E-state index contributed by atoms with van der Waals surface area (Å²) in [6.07, 6.45) is 0. The van der Waals surface area contributed by atoms with Gasteiger partial charge in [-0.05, 0) is 26.0 Å². The van der Waals surface area contributed by atoms with E-state index < -0.39 is 11.2 Å². The zero-order valence-corrected chi connectivity index (χ0v) is 12.2. The molecule has 1 heterocycles. The molecule has 0 aliphatic rings. The number of carbonyl (C=O) groups excluding carboxylic acids is 3. The Balaban J connectivity index is 2.76. The Morgan fingerprint density at radius 1 is 1.30 bits per heavy atom. The molecule has 1 atom stereocenters. The second-order valence-electron chi connectivity index (χ2n) is 3.80. The Morgan fingerprint density at radius 3 is 2.45 bits per heavy atom. The monoisotopic (exact) mass is 297 g/mol. The van der Waals surface area contributed by atoms with E-state index in [0.29, 0.717) is 10.8 Å². The van der Waals surface area contributed by atoms with Crippen molar-refractivity contribution in [2.24, 2.45) is 0 Å². The summed E-state index contributed by atoms with van der Waals surface area (Å²) in [6.45, 7) is 4.54. The Morgan fingerprint density at radius 2 is 2.00 bits per heavy atom. The van der Waals surface area contributed by atoms with E-state index in [1.807, 2.05) is 0 Å². The molecule has 0 radical (unpaired) electrons. The second-order valence-corrected chi connectivity index (χ2v) is 4.92. The third kappa shape index (κ3) is 4.96. The van der Waals surface area contributed by atoms with Crippen molar-refractivity contribution >= 4 is 35.2 Å². The van der Waals surface area contributed by atoms with Crippen LogP contribution in [-0.2, 0) is 19.1 Å². The number of thioether (sulfide) groups is 1. The first-order valence-corrected chi connectivity index (χ1v) is 6.77. The molecule has 0 saturated carbocycles. The van der Waals surface area contributed by atoms with Crippen LogP contribution < -0.4 is 5.32 Å². The lowest BCUT2D eigenvalue weighted by atomic mass is 10.3. The van der Waals surface area contributed by atoms with Crippen LogP contribution in [0.1, 0.15) is 20.8 Å². The number of carbonyl (C=O) groups is 3. The summed E-state index contributed by atoms with van der Waals surface area (Å²) in [7, 11) is 0. The molecular formula is C12H15N3O4S. The number of rotatable bonds is 6. The number of ether oxygens (including phenoxy) is 1. The quantitative estimate of drug-likeness (QED) is 0.476. The number of nitrogens with one attached hydrogen (secondary N) is 1. The highest BCUT2D eigenvalue weighted by Gasteiger charge is 2.26. The van der Waals surface area contributed by atoms with E-state index in [1.54, 1.807) is 19.1 Å². The summed E-state index contributed by atoms with van der Waals surface area (Å²) in [6, 6.07) is 3.11. The van der Waals surface area contributed by atoms with E-state index in [0.717, 1.165) is 11.8 Å². The summed E-state index contributed by atoms with van der Waals surface area (Å²) < 4.78 is 4.83. The third-order valence-corrected chi connectivity index (χ3v) is 3.27. The number of ketones is 1. The maximum Gasteiger partial charge on any atom is 0.327 e. The van der Waals surface area contributed by atoms with Crippen LogP contribution in [0.15, 0.2) is 17.2 Å². The topological polar surface area (TPSA) is 98.2 Å². The smallest absolute Gasteiger partial charge is 0.327 e. The molecule has 0 bridgehead atoms. The molecule has 0 saturated heterocycles. The van der Waals surface area contributed by atoms with Gasteiger partial charge in [0.1, 0.15) is 5.03 Å². The fourth-order valence-corrected chi connectivity index (χ4v) is 2.07. The van der Waals surface area contributed by atoms with Crippen molar-refractivity contribution in [1.29, 1.82) is 0 Å². The molecule has 0 spiro atoms. The van der Waals surface area contributed by atoms with E-state index in [1.165, 1.54) is 13.8 Å². The van der Waals surface area contributed by atoms with Crippen LogP contribution >= 0.6 is 11.8 Å². The highest BCUT2D eigenvalue weighted by molar-refractivity contribution is 8.01. The normalized spacial score (nSPS) is 11.6. The Labute approximate surface area is 120 Å². The fourth-order valence-electron chi connectivity index (χ4n) is 1.27. The number of esters is 1. The molecule has 1 unspecified atom stereocenters. The van der Waals surface area contributed by atoms with E-state index in [-0.39, 0.29) is 18.3 Å². The van der Waals surface area contributed by atoms with Gasteiger partial charge in [0, 0.05) is 6.92 Å². The van der Waals surface area contributed by atoms with Crippen LogP contribution in [0.2, 0.25) is 0 Å². The average molecular weight is 297 g/mol. The minimum atomic E-state index is -0.962. The molecule has 108 valence electrons. The van der Waals surface area contributed by atoms with Crippen molar-refractivity contribution in [2.75, 3.05) is 11.9 Å². The molecular weight excluding hydrogens is 282 g/mol. The largest absolute Gasteiger partial charge is 0.465 e. The highest BCUT2D eigenvalue weighted by Crippen LogP contribution is 2.23. The number of amides is 1. The molecule has 0 aliphatic carbocycles. The van der Waals surface area contributed by atoms with Crippen molar-refractivity contribution in [1.82, 2.24) is 10.2 Å². The number of Topliss-reactive ketones (excluding diaryl/α,β-unsaturated/α-hetero) is 1. The fraction of sp³-hybridized carbons (Fsp3) is 0.417. The number of hydrogen-bond donors (Lipinski definition) is 1. The second kappa shape index (κ2) is 7.59. The number of nitrogens with zero attached hydrogens (tertiary/aromatic N) is 2. The Hall–Kier alpha value is -1.96. The van der Waals surface area contributed by atoms with Crippen molar-refractivity contribution in [3.05, 3.63) is 12.1 Å². The predicted molar refractivity (Wildman–Crippen MR) is 73.3 cm³/mol. The summed E-state index contributed by atoms with van der Waals surface area (Å²) in [4.78, 5) is 33.9.